The Bertz CT molecular complexity index is 340. The Morgan fingerprint density at radius 2 is 2.15 bits per heavy atom. The normalized spacial score (nSPS) is 12.5. The van der Waals surface area contributed by atoms with Gasteiger partial charge in [-0.3, -0.25) is 0 Å². The summed E-state index contributed by atoms with van der Waals surface area (Å²) in [4.78, 5) is 10.4. The van der Waals surface area contributed by atoms with Gasteiger partial charge in [0, 0.05) is 15.1 Å². The largest absolute Gasteiger partial charge is 0.479 e. The number of carboxylic acids is 1. The molecule has 0 heterocycles. The van der Waals surface area contributed by atoms with Crippen molar-refractivity contribution in [1.82, 2.24) is 0 Å². The number of aliphatic hydroxyl groups excluding tert-OH is 1. The lowest BCUT2D eigenvalue weighted by Gasteiger charge is -2.07. The topological polar surface area (TPSA) is 57.5 Å². The van der Waals surface area contributed by atoms with Crippen LogP contribution in [0.5, 0.6) is 0 Å². The molecule has 0 aliphatic carbocycles. The van der Waals surface area contributed by atoms with E-state index in [0.717, 1.165) is 0 Å². The fourth-order valence-corrected chi connectivity index (χ4v) is 1.76. The summed E-state index contributed by atoms with van der Waals surface area (Å²) >= 11 is 8.75. The van der Waals surface area contributed by atoms with Gasteiger partial charge in [-0.1, -0.05) is 33.6 Å². The second kappa shape index (κ2) is 4.09. The zero-order valence-electron chi connectivity index (χ0n) is 6.37. The molecule has 1 rings (SSSR count). The molecule has 2 N–H and O–H groups in total. The summed E-state index contributed by atoms with van der Waals surface area (Å²) in [5.74, 6) is -1.29. The van der Waals surface area contributed by atoms with Crippen molar-refractivity contribution in [2.75, 3.05) is 0 Å². The maximum absolute atomic E-state index is 10.4. The summed E-state index contributed by atoms with van der Waals surface area (Å²) in [5, 5.41) is 18.2. The molecule has 1 atom stereocenters. The summed E-state index contributed by atoms with van der Waals surface area (Å²) < 4.78 is 0.481. The summed E-state index contributed by atoms with van der Waals surface area (Å²) in [6, 6.07) is 4.52. The molecule has 0 saturated heterocycles. The van der Waals surface area contributed by atoms with Crippen LogP contribution in [0.4, 0.5) is 0 Å². The third-order valence-electron chi connectivity index (χ3n) is 1.49. The van der Waals surface area contributed by atoms with Crippen LogP contribution in [0.15, 0.2) is 22.7 Å². The van der Waals surface area contributed by atoms with Crippen LogP contribution in [0, 0.1) is 0 Å². The molecule has 13 heavy (non-hydrogen) atoms. The van der Waals surface area contributed by atoms with Crippen LogP contribution < -0.4 is 0 Å². The van der Waals surface area contributed by atoms with E-state index < -0.39 is 12.1 Å². The maximum Gasteiger partial charge on any atom is 0.337 e. The van der Waals surface area contributed by atoms with Crippen molar-refractivity contribution < 1.29 is 15.0 Å². The molecule has 0 aromatic heterocycles. The number of hydrogen-bond donors (Lipinski definition) is 2. The lowest BCUT2D eigenvalue weighted by atomic mass is 10.1. The first kappa shape index (κ1) is 10.5. The molecule has 0 aliphatic heterocycles. The standard InChI is InChI=1S/C8H6BrClO3/c9-6-3-4(10)1-2-5(6)7(11)8(12)13/h1-3,7,11H,(H,12,13)/t7-/m0/s1. The van der Waals surface area contributed by atoms with E-state index in [1.165, 1.54) is 18.2 Å². The molecular weight excluding hydrogens is 259 g/mol. The quantitative estimate of drug-likeness (QED) is 0.862. The Morgan fingerprint density at radius 1 is 1.54 bits per heavy atom. The number of rotatable bonds is 2. The highest BCUT2D eigenvalue weighted by Gasteiger charge is 2.18. The van der Waals surface area contributed by atoms with Crippen molar-refractivity contribution >= 4 is 33.5 Å². The molecule has 70 valence electrons. The van der Waals surface area contributed by atoms with Gasteiger partial charge in [-0.15, -0.1) is 0 Å². The van der Waals surface area contributed by atoms with Crippen molar-refractivity contribution in [3.8, 4) is 0 Å². The van der Waals surface area contributed by atoms with Gasteiger partial charge in [0.25, 0.3) is 0 Å². The molecule has 0 bridgehead atoms. The van der Waals surface area contributed by atoms with Crippen LogP contribution in [0.2, 0.25) is 5.02 Å². The Hall–Kier alpha value is -0.580. The molecule has 5 heteroatoms. The zero-order valence-corrected chi connectivity index (χ0v) is 8.71. The van der Waals surface area contributed by atoms with Gasteiger partial charge in [0.15, 0.2) is 6.10 Å². The predicted molar refractivity (Wildman–Crippen MR) is 51.7 cm³/mol. The van der Waals surface area contributed by atoms with Crippen LogP contribution in [-0.4, -0.2) is 16.2 Å². The fourth-order valence-electron chi connectivity index (χ4n) is 0.856. The first-order valence-corrected chi connectivity index (χ1v) is 4.55. The highest BCUT2D eigenvalue weighted by atomic mass is 79.9. The minimum atomic E-state index is -1.52. The minimum absolute atomic E-state index is 0.289. The Balaban J connectivity index is 3.08. The van der Waals surface area contributed by atoms with Crippen LogP contribution in [0.3, 0.4) is 0 Å². The number of hydrogen-bond acceptors (Lipinski definition) is 2. The lowest BCUT2D eigenvalue weighted by Crippen LogP contribution is -2.10. The van der Waals surface area contributed by atoms with E-state index >= 15 is 0 Å². The summed E-state index contributed by atoms with van der Waals surface area (Å²) in [6.07, 6.45) is -1.52. The number of halogens is 2. The average molecular weight is 265 g/mol. The van der Waals surface area contributed by atoms with E-state index in [1.54, 1.807) is 0 Å². The van der Waals surface area contributed by atoms with Gasteiger partial charge >= 0.3 is 5.97 Å². The summed E-state index contributed by atoms with van der Waals surface area (Å²) in [5.41, 5.74) is 0.289. The van der Waals surface area contributed by atoms with Gasteiger partial charge in [-0.2, -0.15) is 0 Å². The smallest absolute Gasteiger partial charge is 0.337 e. The fraction of sp³-hybridized carbons (Fsp3) is 0.125. The average Bonchev–Trinajstić information content (AvgIpc) is 2.03. The highest BCUT2D eigenvalue weighted by Crippen LogP contribution is 2.26. The SMILES string of the molecule is O=C(O)[C@@H](O)c1ccc(Cl)cc1Br. The van der Waals surface area contributed by atoms with Gasteiger partial charge in [0.2, 0.25) is 0 Å². The monoisotopic (exact) mass is 264 g/mol. The van der Waals surface area contributed by atoms with Crippen molar-refractivity contribution in [1.29, 1.82) is 0 Å². The van der Waals surface area contributed by atoms with Gasteiger partial charge < -0.3 is 10.2 Å². The molecule has 1 aromatic rings. The third kappa shape index (κ3) is 2.43. The molecule has 0 spiro atoms. The maximum atomic E-state index is 10.4. The van der Waals surface area contributed by atoms with E-state index in [-0.39, 0.29) is 5.56 Å². The van der Waals surface area contributed by atoms with Crippen LogP contribution in [0.1, 0.15) is 11.7 Å². The molecular formula is C8H6BrClO3. The number of carboxylic acid groups (broad SMARTS) is 1. The van der Waals surface area contributed by atoms with Crippen molar-refractivity contribution in [2.45, 2.75) is 6.10 Å². The van der Waals surface area contributed by atoms with Crippen molar-refractivity contribution in [2.24, 2.45) is 0 Å². The summed E-state index contributed by atoms with van der Waals surface area (Å²) in [6.45, 7) is 0. The second-order valence-electron chi connectivity index (χ2n) is 2.41. The molecule has 0 amide bonds. The van der Waals surface area contributed by atoms with Crippen LogP contribution in [0.25, 0.3) is 0 Å². The number of aliphatic carboxylic acids is 1. The zero-order chi connectivity index (χ0) is 10.0. The third-order valence-corrected chi connectivity index (χ3v) is 2.41. The van der Waals surface area contributed by atoms with Crippen molar-refractivity contribution in [3.05, 3.63) is 33.3 Å². The van der Waals surface area contributed by atoms with Crippen LogP contribution >= 0.6 is 27.5 Å². The second-order valence-corrected chi connectivity index (χ2v) is 3.70. The molecule has 3 nitrogen and oxygen atoms in total. The summed E-state index contributed by atoms with van der Waals surface area (Å²) in [7, 11) is 0. The molecule has 0 saturated carbocycles. The predicted octanol–water partition coefficient (Wildman–Crippen LogP) is 2.22. The van der Waals surface area contributed by atoms with E-state index in [4.69, 9.17) is 16.7 Å². The highest BCUT2D eigenvalue weighted by molar-refractivity contribution is 9.10. The number of aliphatic hydroxyl groups is 1. The van der Waals surface area contributed by atoms with E-state index in [9.17, 15) is 9.90 Å². The Kier molecular flexibility index (Phi) is 3.30. The van der Waals surface area contributed by atoms with Crippen LogP contribution in [-0.2, 0) is 4.79 Å². The van der Waals surface area contributed by atoms with Gasteiger partial charge in [0.05, 0.1) is 0 Å². The Morgan fingerprint density at radius 3 is 2.62 bits per heavy atom. The number of carbonyl (C=O) groups is 1. The Labute approximate surface area is 88.1 Å². The van der Waals surface area contributed by atoms with Crippen molar-refractivity contribution in [3.63, 3.8) is 0 Å². The van der Waals surface area contributed by atoms with Gasteiger partial charge in [0.1, 0.15) is 0 Å². The molecule has 0 unspecified atom stereocenters. The number of benzene rings is 1. The van der Waals surface area contributed by atoms with Gasteiger partial charge in [-0.05, 0) is 12.1 Å². The lowest BCUT2D eigenvalue weighted by molar-refractivity contribution is -0.147. The first-order chi connectivity index (χ1) is 6.02. The molecule has 0 aliphatic rings. The van der Waals surface area contributed by atoms with E-state index in [1.807, 2.05) is 0 Å². The van der Waals surface area contributed by atoms with E-state index in [0.29, 0.717) is 9.50 Å². The molecule has 0 fully saturated rings. The first-order valence-electron chi connectivity index (χ1n) is 3.38. The molecule has 0 radical (unpaired) electrons. The minimum Gasteiger partial charge on any atom is -0.479 e. The molecule has 1 aromatic carbocycles. The van der Waals surface area contributed by atoms with E-state index in [2.05, 4.69) is 15.9 Å². The van der Waals surface area contributed by atoms with Gasteiger partial charge in [-0.25, -0.2) is 4.79 Å².